The van der Waals surface area contributed by atoms with Crippen molar-refractivity contribution in [3.63, 3.8) is 0 Å². The van der Waals surface area contributed by atoms with Crippen LogP contribution in [0.1, 0.15) is 0 Å². The molecule has 0 heterocycles. The predicted molar refractivity (Wildman–Crippen MR) is 45.2 cm³/mol. The molecule has 0 fully saturated rings. The summed E-state index contributed by atoms with van der Waals surface area (Å²) < 4.78 is 27.6. The molecule has 0 aromatic carbocycles. The highest BCUT2D eigenvalue weighted by atomic mass is 31.1. The number of halogens is 2. The number of hydrogen-bond donors (Lipinski definition) is 0. The Balaban J connectivity index is 3.90. The molecule has 0 N–H and O–H groups in total. The van der Waals surface area contributed by atoms with Crippen molar-refractivity contribution in [1.29, 1.82) is 0 Å². The summed E-state index contributed by atoms with van der Waals surface area (Å²) in [6, 6.07) is 0. The molecule has 0 amide bonds. The van der Waals surface area contributed by atoms with Gasteiger partial charge in [0, 0.05) is 8.22 Å². The molecule has 0 radical (unpaired) electrons. The zero-order valence-electron chi connectivity index (χ0n) is 7.38. The van der Waals surface area contributed by atoms with Crippen molar-refractivity contribution in [2.75, 3.05) is 34.4 Å². The van der Waals surface area contributed by atoms with Gasteiger partial charge in [-0.2, -0.15) is 0 Å². The summed E-state index contributed by atoms with van der Waals surface area (Å²) >= 11 is 0. The second-order valence-electron chi connectivity index (χ2n) is 2.64. The number of alkyl halides is 2. The predicted octanol–water partition coefficient (Wildman–Crippen LogP) is 1.69. The Bertz CT molecular complexity index is 101. The molecule has 5 heteroatoms. The number of nitrogens with zero attached hydrogens (tertiary/aromatic N) is 2. The molecule has 68 valence electrons. The molecular formula is C6H15F2N2P. The molecule has 11 heavy (non-hydrogen) atoms. The van der Waals surface area contributed by atoms with E-state index in [4.69, 9.17) is 0 Å². The largest absolute Gasteiger partial charge is 0.276 e. The lowest BCUT2D eigenvalue weighted by molar-refractivity contribution is 0.173. The maximum absolute atomic E-state index is 12.0. The van der Waals surface area contributed by atoms with E-state index in [-0.39, 0.29) is 6.16 Å². The molecule has 0 aliphatic rings. The Morgan fingerprint density at radius 1 is 1.09 bits per heavy atom. The van der Waals surface area contributed by atoms with E-state index in [9.17, 15) is 8.78 Å². The van der Waals surface area contributed by atoms with Crippen LogP contribution in [-0.2, 0) is 0 Å². The van der Waals surface area contributed by atoms with Crippen LogP contribution in [0.4, 0.5) is 8.78 Å². The first-order valence-electron chi connectivity index (χ1n) is 3.35. The Morgan fingerprint density at radius 3 is 1.55 bits per heavy atom. The van der Waals surface area contributed by atoms with Gasteiger partial charge in [0.1, 0.15) is 0 Å². The first-order valence-corrected chi connectivity index (χ1v) is 4.78. The van der Waals surface area contributed by atoms with Crippen molar-refractivity contribution in [2.45, 2.75) is 6.43 Å². The normalized spacial score (nSPS) is 12.5. The lowest BCUT2D eigenvalue weighted by Crippen LogP contribution is -2.21. The maximum Gasteiger partial charge on any atom is 0.244 e. The molecule has 0 saturated heterocycles. The quantitative estimate of drug-likeness (QED) is 0.613. The molecule has 0 aliphatic carbocycles. The Hall–Kier alpha value is 0.210. The Kier molecular flexibility index (Phi) is 5.06. The van der Waals surface area contributed by atoms with Gasteiger partial charge < -0.3 is 0 Å². The van der Waals surface area contributed by atoms with Gasteiger partial charge in [0.2, 0.25) is 6.43 Å². The smallest absolute Gasteiger partial charge is 0.244 e. The minimum atomic E-state index is -2.20. The van der Waals surface area contributed by atoms with Crippen molar-refractivity contribution >= 4 is 8.22 Å². The highest BCUT2D eigenvalue weighted by molar-refractivity contribution is 7.52. The molecule has 0 bridgehead atoms. The molecule has 0 aromatic heterocycles. The average Bonchev–Trinajstić information content (AvgIpc) is 1.81. The van der Waals surface area contributed by atoms with Crippen molar-refractivity contribution in [2.24, 2.45) is 0 Å². The van der Waals surface area contributed by atoms with E-state index < -0.39 is 14.6 Å². The summed E-state index contributed by atoms with van der Waals surface area (Å²) in [5, 5.41) is 0. The van der Waals surface area contributed by atoms with Gasteiger partial charge in [0.15, 0.2) is 0 Å². The van der Waals surface area contributed by atoms with Crippen molar-refractivity contribution in [3.05, 3.63) is 0 Å². The van der Waals surface area contributed by atoms with Crippen LogP contribution in [-0.4, -0.2) is 50.1 Å². The van der Waals surface area contributed by atoms with Crippen molar-refractivity contribution < 1.29 is 8.78 Å². The molecule has 0 unspecified atom stereocenters. The van der Waals surface area contributed by atoms with Crippen LogP contribution in [0.2, 0.25) is 0 Å². The lowest BCUT2D eigenvalue weighted by atomic mass is 10.9. The van der Waals surface area contributed by atoms with E-state index in [0.717, 1.165) is 0 Å². The van der Waals surface area contributed by atoms with Gasteiger partial charge in [0.25, 0.3) is 0 Å². The molecule has 0 saturated carbocycles. The fourth-order valence-corrected chi connectivity index (χ4v) is 2.42. The zero-order chi connectivity index (χ0) is 9.02. The monoisotopic (exact) mass is 184 g/mol. The van der Waals surface area contributed by atoms with Gasteiger partial charge in [-0.05, 0) is 28.2 Å². The number of rotatable bonds is 4. The highest BCUT2D eigenvalue weighted by Crippen LogP contribution is 2.40. The standard InChI is InChI=1S/C6H15F2N2P/c1-9(2)11(10(3)4)5-6(7)8/h6H,5H2,1-4H3. The van der Waals surface area contributed by atoms with Gasteiger partial charge in [-0.15, -0.1) is 0 Å². The van der Waals surface area contributed by atoms with Crippen molar-refractivity contribution in [1.82, 2.24) is 9.34 Å². The van der Waals surface area contributed by atoms with Crippen LogP contribution in [0.15, 0.2) is 0 Å². The number of hydrogen-bond acceptors (Lipinski definition) is 2. The summed E-state index contributed by atoms with van der Waals surface area (Å²) in [5.74, 6) is 0. The van der Waals surface area contributed by atoms with E-state index in [0.29, 0.717) is 0 Å². The highest BCUT2D eigenvalue weighted by Gasteiger charge is 2.18. The lowest BCUT2D eigenvalue weighted by Gasteiger charge is -2.29. The molecule has 0 atom stereocenters. The van der Waals surface area contributed by atoms with Crippen LogP contribution in [0.5, 0.6) is 0 Å². The van der Waals surface area contributed by atoms with Gasteiger partial charge in [-0.3, -0.25) is 9.34 Å². The summed E-state index contributed by atoms with van der Waals surface area (Å²) in [6.45, 7) is 0. The van der Waals surface area contributed by atoms with Crippen LogP contribution in [0.25, 0.3) is 0 Å². The molecule has 0 spiro atoms. The van der Waals surface area contributed by atoms with Crippen molar-refractivity contribution in [3.8, 4) is 0 Å². The zero-order valence-corrected chi connectivity index (χ0v) is 8.28. The Labute approximate surface area is 68.0 Å². The van der Waals surface area contributed by atoms with E-state index in [1.54, 1.807) is 0 Å². The first-order chi connectivity index (χ1) is 4.95. The van der Waals surface area contributed by atoms with E-state index in [1.807, 2.05) is 37.5 Å². The Morgan fingerprint density at radius 2 is 1.45 bits per heavy atom. The summed E-state index contributed by atoms with van der Waals surface area (Å²) in [5.41, 5.74) is 0. The topological polar surface area (TPSA) is 6.48 Å². The molecule has 0 rings (SSSR count). The summed E-state index contributed by atoms with van der Waals surface area (Å²) in [7, 11) is 6.51. The summed E-state index contributed by atoms with van der Waals surface area (Å²) in [4.78, 5) is 0. The van der Waals surface area contributed by atoms with Gasteiger partial charge in [-0.1, -0.05) is 0 Å². The third-order valence-electron chi connectivity index (χ3n) is 1.22. The molecule has 0 aromatic rings. The fourth-order valence-electron chi connectivity index (χ4n) is 0.808. The van der Waals surface area contributed by atoms with Gasteiger partial charge >= 0.3 is 0 Å². The maximum atomic E-state index is 12.0. The molecule has 2 nitrogen and oxygen atoms in total. The molecular weight excluding hydrogens is 169 g/mol. The van der Waals surface area contributed by atoms with E-state index in [2.05, 4.69) is 0 Å². The van der Waals surface area contributed by atoms with Crippen LogP contribution >= 0.6 is 8.22 Å². The third-order valence-corrected chi connectivity index (χ3v) is 3.67. The SMILES string of the molecule is CN(C)P(CC(F)F)N(C)C. The van der Waals surface area contributed by atoms with Gasteiger partial charge in [-0.25, -0.2) is 8.78 Å². The summed E-state index contributed by atoms with van der Waals surface area (Å²) in [6.07, 6.45) is -2.24. The van der Waals surface area contributed by atoms with Crippen LogP contribution < -0.4 is 0 Å². The van der Waals surface area contributed by atoms with Crippen LogP contribution in [0, 0.1) is 0 Å². The fraction of sp³-hybridized carbons (Fsp3) is 1.00. The minimum Gasteiger partial charge on any atom is -0.276 e. The van der Waals surface area contributed by atoms with Crippen LogP contribution in [0.3, 0.4) is 0 Å². The average molecular weight is 184 g/mol. The second kappa shape index (κ2) is 4.96. The third kappa shape index (κ3) is 4.62. The first kappa shape index (κ1) is 11.2. The minimum absolute atomic E-state index is 0.0324. The van der Waals surface area contributed by atoms with E-state index in [1.165, 1.54) is 0 Å². The van der Waals surface area contributed by atoms with E-state index >= 15 is 0 Å². The second-order valence-corrected chi connectivity index (χ2v) is 5.35. The van der Waals surface area contributed by atoms with Gasteiger partial charge in [0.05, 0.1) is 6.16 Å². The molecule has 0 aliphatic heterocycles.